The van der Waals surface area contributed by atoms with E-state index in [0.717, 1.165) is 11.3 Å². The standard InChI is InChI=1S/C22H14ClFN4O5S2/c1-2-35(31,32)21-26-6-11-12-7-33-8-13(12)15(17(23)18(11)27-21)9-3-4-14(24)19-16(9)10(5-25)20(34-19)28-22(29)30/h3-4,6,28H,2,7-8H2,1H3,(H,29,30). The summed E-state index contributed by atoms with van der Waals surface area (Å²) in [5.41, 5.74) is 2.29. The number of thiophene rings is 1. The Hall–Kier alpha value is -3.37. The molecule has 1 amide bonds. The van der Waals surface area contributed by atoms with Gasteiger partial charge in [0.05, 0.1) is 39.8 Å². The summed E-state index contributed by atoms with van der Waals surface area (Å²) >= 11 is 7.62. The molecule has 0 fully saturated rings. The quantitative estimate of drug-likeness (QED) is 0.346. The highest BCUT2D eigenvalue weighted by Crippen LogP contribution is 2.48. The van der Waals surface area contributed by atoms with Crippen LogP contribution in [0.3, 0.4) is 0 Å². The molecule has 1 aliphatic rings. The Bertz CT molecular complexity index is 1730. The van der Waals surface area contributed by atoms with Gasteiger partial charge in [-0.2, -0.15) is 5.26 Å². The first-order valence-electron chi connectivity index (χ1n) is 10.1. The minimum atomic E-state index is -3.72. The zero-order valence-electron chi connectivity index (χ0n) is 17.8. The van der Waals surface area contributed by atoms with Gasteiger partial charge in [-0.3, -0.25) is 5.32 Å². The third-order valence-corrected chi connectivity index (χ3v) is 8.72. The maximum absolute atomic E-state index is 14.8. The van der Waals surface area contributed by atoms with E-state index in [1.807, 2.05) is 6.07 Å². The lowest BCUT2D eigenvalue weighted by atomic mass is 9.91. The molecule has 0 aliphatic carbocycles. The van der Waals surface area contributed by atoms with Gasteiger partial charge >= 0.3 is 6.09 Å². The van der Waals surface area contributed by atoms with Gasteiger partial charge in [0, 0.05) is 22.5 Å². The molecule has 0 saturated heterocycles. The van der Waals surface area contributed by atoms with Crippen molar-refractivity contribution in [3.63, 3.8) is 0 Å². The molecule has 2 N–H and O–H groups in total. The van der Waals surface area contributed by atoms with Gasteiger partial charge in [0.2, 0.25) is 15.0 Å². The van der Waals surface area contributed by atoms with Crippen molar-refractivity contribution in [1.29, 1.82) is 5.26 Å². The SMILES string of the molecule is CCS(=O)(=O)c1ncc2c3c(c(-c4ccc(F)c5sc(NC(=O)O)c(C#N)c45)c(Cl)c2n1)COC3. The van der Waals surface area contributed by atoms with Crippen molar-refractivity contribution in [2.75, 3.05) is 11.1 Å². The summed E-state index contributed by atoms with van der Waals surface area (Å²) in [6.45, 7) is 1.84. The predicted molar refractivity (Wildman–Crippen MR) is 128 cm³/mol. The molecule has 13 heteroatoms. The average molecular weight is 533 g/mol. The van der Waals surface area contributed by atoms with Crippen molar-refractivity contribution in [3.05, 3.63) is 45.9 Å². The van der Waals surface area contributed by atoms with Crippen LogP contribution in [0.4, 0.5) is 14.2 Å². The first kappa shape index (κ1) is 23.4. The Labute approximate surface area is 206 Å². The first-order chi connectivity index (χ1) is 16.7. The monoisotopic (exact) mass is 532 g/mol. The zero-order valence-corrected chi connectivity index (χ0v) is 20.2. The minimum Gasteiger partial charge on any atom is -0.465 e. The maximum Gasteiger partial charge on any atom is 0.409 e. The molecule has 5 rings (SSSR count). The molecule has 1 aliphatic heterocycles. The number of carbonyl (C=O) groups is 1. The molecule has 3 heterocycles. The molecular weight excluding hydrogens is 519 g/mol. The van der Waals surface area contributed by atoms with E-state index in [-0.39, 0.29) is 55.3 Å². The van der Waals surface area contributed by atoms with Gasteiger partial charge in [0.25, 0.3) is 0 Å². The van der Waals surface area contributed by atoms with Crippen LogP contribution in [-0.2, 0) is 27.8 Å². The topological polar surface area (TPSA) is 142 Å². The molecular formula is C22H14ClFN4O5S2. The molecule has 0 bridgehead atoms. The van der Waals surface area contributed by atoms with E-state index in [1.165, 1.54) is 25.3 Å². The molecule has 0 saturated carbocycles. The number of nitrogens with zero attached hydrogens (tertiary/aromatic N) is 3. The molecule has 0 spiro atoms. The number of amides is 1. The number of sulfone groups is 1. The first-order valence-corrected chi connectivity index (χ1v) is 13.0. The summed E-state index contributed by atoms with van der Waals surface area (Å²) in [7, 11) is -3.72. The van der Waals surface area contributed by atoms with Gasteiger partial charge in [0.1, 0.15) is 16.9 Å². The van der Waals surface area contributed by atoms with E-state index in [1.54, 1.807) is 0 Å². The van der Waals surface area contributed by atoms with Gasteiger partial charge in [-0.1, -0.05) is 24.6 Å². The van der Waals surface area contributed by atoms with Crippen LogP contribution in [0.5, 0.6) is 0 Å². The van der Waals surface area contributed by atoms with E-state index in [9.17, 15) is 22.9 Å². The largest absolute Gasteiger partial charge is 0.465 e. The zero-order chi connectivity index (χ0) is 25.1. The van der Waals surface area contributed by atoms with Crippen LogP contribution in [0.25, 0.3) is 32.1 Å². The Morgan fingerprint density at radius 3 is 2.80 bits per heavy atom. The van der Waals surface area contributed by atoms with Gasteiger partial charge in [-0.15, -0.1) is 11.3 Å². The summed E-state index contributed by atoms with van der Waals surface area (Å²) in [4.78, 5) is 19.5. The fourth-order valence-electron chi connectivity index (χ4n) is 4.13. The second kappa shape index (κ2) is 8.39. The van der Waals surface area contributed by atoms with E-state index >= 15 is 0 Å². The van der Waals surface area contributed by atoms with Crippen LogP contribution in [0.1, 0.15) is 23.6 Å². The normalized spacial score (nSPS) is 13.2. The second-order valence-electron chi connectivity index (χ2n) is 7.60. The number of anilines is 1. The van der Waals surface area contributed by atoms with Crippen LogP contribution in [0.2, 0.25) is 5.02 Å². The Morgan fingerprint density at radius 2 is 2.11 bits per heavy atom. The predicted octanol–water partition coefficient (Wildman–Crippen LogP) is 5.09. The van der Waals surface area contributed by atoms with Crippen molar-refractivity contribution in [2.24, 2.45) is 0 Å². The highest BCUT2D eigenvalue weighted by atomic mass is 35.5. The van der Waals surface area contributed by atoms with E-state index in [2.05, 4.69) is 15.3 Å². The summed E-state index contributed by atoms with van der Waals surface area (Å²) in [5.74, 6) is -0.831. The van der Waals surface area contributed by atoms with Crippen molar-refractivity contribution in [2.45, 2.75) is 25.3 Å². The highest BCUT2D eigenvalue weighted by molar-refractivity contribution is 7.91. The highest BCUT2D eigenvalue weighted by Gasteiger charge is 2.29. The van der Waals surface area contributed by atoms with Crippen LogP contribution < -0.4 is 5.32 Å². The number of aromatic nitrogens is 2. The number of carboxylic acid groups (broad SMARTS) is 1. The lowest BCUT2D eigenvalue weighted by Gasteiger charge is -2.15. The Morgan fingerprint density at radius 1 is 1.37 bits per heavy atom. The molecule has 2 aromatic carbocycles. The molecule has 35 heavy (non-hydrogen) atoms. The van der Waals surface area contributed by atoms with Crippen LogP contribution in [0.15, 0.2) is 23.5 Å². The van der Waals surface area contributed by atoms with Crippen molar-refractivity contribution < 1.29 is 27.4 Å². The molecule has 0 atom stereocenters. The summed E-state index contributed by atoms with van der Waals surface area (Å²) in [5, 5.41) is 21.5. The van der Waals surface area contributed by atoms with Crippen LogP contribution >= 0.6 is 22.9 Å². The minimum absolute atomic E-state index is 0.0233. The van der Waals surface area contributed by atoms with Crippen molar-refractivity contribution in [3.8, 4) is 17.2 Å². The molecule has 178 valence electrons. The smallest absolute Gasteiger partial charge is 0.409 e. The van der Waals surface area contributed by atoms with Gasteiger partial charge in [-0.05, 0) is 22.8 Å². The second-order valence-corrected chi connectivity index (χ2v) is 11.2. The van der Waals surface area contributed by atoms with E-state index in [4.69, 9.17) is 21.4 Å². The third-order valence-electron chi connectivity index (χ3n) is 5.73. The molecule has 2 aromatic heterocycles. The summed E-state index contributed by atoms with van der Waals surface area (Å²) in [6, 6.07) is 4.62. The molecule has 0 unspecified atom stereocenters. The Kier molecular flexibility index (Phi) is 5.60. The number of benzene rings is 2. The van der Waals surface area contributed by atoms with E-state index < -0.39 is 21.7 Å². The van der Waals surface area contributed by atoms with Crippen LogP contribution in [-0.4, -0.2) is 35.3 Å². The number of hydrogen-bond donors (Lipinski definition) is 2. The number of ether oxygens (including phenoxy) is 1. The third kappa shape index (κ3) is 3.59. The Balaban J connectivity index is 1.91. The number of fused-ring (bicyclic) bond motifs is 4. The maximum atomic E-state index is 14.8. The molecule has 0 radical (unpaired) electrons. The fraction of sp³-hybridized carbons (Fsp3) is 0.182. The van der Waals surface area contributed by atoms with Gasteiger partial charge in [0.15, 0.2) is 0 Å². The van der Waals surface area contributed by atoms with Gasteiger partial charge in [-0.25, -0.2) is 27.6 Å². The number of nitrogens with one attached hydrogen (secondary N) is 1. The lowest BCUT2D eigenvalue weighted by Crippen LogP contribution is -2.09. The van der Waals surface area contributed by atoms with Gasteiger partial charge < -0.3 is 9.84 Å². The van der Waals surface area contributed by atoms with Crippen LogP contribution in [0, 0.1) is 17.1 Å². The summed E-state index contributed by atoms with van der Waals surface area (Å²) < 4.78 is 45.3. The average Bonchev–Trinajstić information content (AvgIpc) is 3.45. The summed E-state index contributed by atoms with van der Waals surface area (Å²) in [6.07, 6.45) is 0.00324. The van der Waals surface area contributed by atoms with Crippen molar-refractivity contribution >= 4 is 64.9 Å². The number of hydrogen-bond acceptors (Lipinski definition) is 8. The number of halogens is 2. The number of nitriles is 1. The lowest BCUT2D eigenvalue weighted by molar-refractivity contribution is 0.135. The van der Waals surface area contributed by atoms with E-state index in [0.29, 0.717) is 27.6 Å². The van der Waals surface area contributed by atoms with Crippen molar-refractivity contribution in [1.82, 2.24) is 9.97 Å². The molecule has 4 aromatic rings. The number of rotatable bonds is 4. The fourth-order valence-corrected chi connectivity index (χ4v) is 6.26. The molecule has 9 nitrogen and oxygen atoms in total.